The molecule has 4 fully saturated rings. The molecular formula is C77H120N14O16. The molecule has 2 bridgehead atoms. The molecule has 0 radical (unpaired) electrons. The topological polar surface area (TPSA) is 351 Å². The number of likely N-dealkylation sites (N-methyl/N-ethyl adjacent to an activating group) is 2. The van der Waals surface area contributed by atoms with Gasteiger partial charge in [-0.3, -0.25) is 77.1 Å². The predicted molar refractivity (Wildman–Crippen MR) is 401 cm³/mol. The molecule has 2 aromatic rings. The quantitative estimate of drug-likeness (QED) is 0.0362. The normalized spacial score (nSPS) is 20.3. The van der Waals surface area contributed by atoms with Crippen LogP contribution in [0.3, 0.4) is 0 Å². The lowest BCUT2D eigenvalue weighted by molar-refractivity contribution is -0.148. The fourth-order valence-corrected chi connectivity index (χ4v) is 14.4. The monoisotopic (exact) mass is 1500 g/mol. The Morgan fingerprint density at radius 3 is 1.81 bits per heavy atom. The minimum atomic E-state index is -1.23. The second-order valence-corrected chi connectivity index (χ2v) is 29.3. The van der Waals surface area contributed by atoms with Gasteiger partial charge < -0.3 is 70.8 Å². The molecule has 12 amide bonds. The van der Waals surface area contributed by atoms with Crippen LogP contribution < -0.4 is 31.9 Å². The van der Waals surface area contributed by atoms with Gasteiger partial charge in [-0.15, -0.1) is 0 Å². The first kappa shape index (κ1) is 87.6. The van der Waals surface area contributed by atoms with Gasteiger partial charge in [-0.1, -0.05) is 116 Å². The number of nitrogens with zero attached hydrogens (tertiary/aromatic N) is 8. The van der Waals surface area contributed by atoms with E-state index in [0.717, 1.165) is 0 Å². The van der Waals surface area contributed by atoms with E-state index in [0.29, 0.717) is 135 Å². The van der Waals surface area contributed by atoms with Gasteiger partial charge in [-0.25, -0.2) is 0 Å². The Morgan fingerprint density at radius 2 is 1.22 bits per heavy atom. The molecule has 0 saturated carbocycles. The summed E-state index contributed by atoms with van der Waals surface area (Å²) in [5.74, 6) is -7.30. The maximum atomic E-state index is 14.9. The number of nitrogens with one attached hydrogen (secondary N) is 6. The third kappa shape index (κ3) is 26.8. The number of ether oxygens (including phenoxy) is 3. The number of unbranched alkanes of at least 4 members (excludes halogenated alkanes) is 1. The van der Waals surface area contributed by atoms with Crippen LogP contribution in [-0.2, 0) is 78.2 Å². The highest BCUT2D eigenvalue weighted by molar-refractivity contribution is 6.12. The van der Waals surface area contributed by atoms with Crippen LogP contribution in [0, 0.1) is 23.7 Å². The molecule has 107 heavy (non-hydrogen) atoms. The average molecular weight is 1500 g/mol. The van der Waals surface area contributed by atoms with Gasteiger partial charge >= 0.3 is 0 Å². The van der Waals surface area contributed by atoms with Crippen LogP contribution in [0.5, 0.6) is 0 Å². The number of methoxy groups -OCH3 is 2. The zero-order valence-corrected chi connectivity index (χ0v) is 65.0. The van der Waals surface area contributed by atoms with Crippen LogP contribution in [0.2, 0.25) is 0 Å². The van der Waals surface area contributed by atoms with Gasteiger partial charge in [0.05, 0.1) is 88.2 Å². The van der Waals surface area contributed by atoms with E-state index in [4.69, 9.17) is 14.2 Å². The zero-order chi connectivity index (χ0) is 78.4. The molecule has 30 heteroatoms. The van der Waals surface area contributed by atoms with Crippen LogP contribution in [-0.4, -0.2) is 310 Å². The van der Waals surface area contributed by atoms with Crippen molar-refractivity contribution in [1.82, 2.24) is 71.1 Å². The second kappa shape index (κ2) is 44.3. The summed E-state index contributed by atoms with van der Waals surface area (Å²) in [6.07, 6.45) is 3.19. The van der Waals surface area contributed by atoms with E-state index in [1.807, 2.05) is 41.8 Å². The summed E-state index contributed by atoms with van der Waals surface area (Å²) in [4.78, 5) is 178. The number of hydrogen-bond acceptors (Lipinski definition) is 19. The zero-order valence-electron chi connectivity index (χ0n) is 65.0. The number of imide groups is 1. The van der Waals surface area contributed by atoms with Gasteiger partial charge in [0.25, 0.3) is 11.8 Å². The average Bonchev–Trinajstić information content (AvgIpc) is 1.77. The van der Waals surface area contributed by atoms with Crippen molar-refractivity contribution in [3.05, 3.63) is 83.9 Å². The summed E-state index contributed by atoms with van der Waals surface area (Å²) in [6.45, 7) is 20.2. The van der Waals surface area contributed by atoms with Crippen LogP contribution in [0.15, 0.2) is 72.8 Å². The molecule has 5 heterocycles. The molecule has 5 aliphatic heterocycles. The molecule has 0 spiro atoms. The van der Waals surface area contributed by atoms with Crippen molar-refractivity contribution in [2.24, 2.45) is 23.7 Å². The third-order valence-electron chi connectivity index (χ3n) is 21.0. The Labute approximate surface area is 631 Å². The molecule has 13 atom stereocenters. The molecule has 594 valence electrons. The highest BCUT2D eigenvalue weighted by atomic mass is 16.5. The first-order valence-electron chi connectivity index (χ1n) is 38.0. The van der Waals surface area contributed by atoms with E-state index in [9.17, 15) is 62.6 Å². The van der Waals surface area contributed by atoms with E-state index < -0.39 is 133 Å². The van der Waals surface area contributed by atoms with Gasteiger partial charge in [0.1, 0.15) is 18.1 Å². The number of rotatable bonds is 37. The lowest BCUT2D eigenvalue weighted by Gasteiger charge is -2.41. The van der Waals surface area contributed by atoms with E-state index in [1.54, 1.807) is 96.0 Å². The molecular weight excluding hydrogens is 1380 g/mol. The molecule has 2 aromatic carbocycles. The summed E-state index contributed by atoms with van der Waals surface area (Å²) in [5, 5.41) is 27.3. The van der Waals surface area contributed by atoms with E-state index in [1.165, 1.54) is 48.1 Å². The maximum absolute atomic E-state index is 14.9. The van der Waals surface area contributed by atoms with Gasteiger partial charge in [-0.05, 0) is 61.5 Å². The Morgan fingerprint density at radius 1 is 0.626 bits per heavy atom. The third-order valence-corrected chi connectivity index (χ3v) is 21.0. The number of likely N-dealkylation sites (tertiary alicyclic amines) is 1. The second-order valence-electron chi connectivity index (χ2n) is 29.3. The molecule has 5 aliphatic rings. The number of amides is 12. The number of carbonyl (C=O) groups is 12. The first-order valence-corrected chi connectivity index (χ1v) is 38.0. The number of aliphatic hydroxyl groups is 1. The number of hydrogen-bond donors (Lipinski definition) is 7. The molecule has 30 nitrogen and oxygen atoms in total. The highest BCUT2D eigenvalue weighted by Crippen LogP contribution is 2.31. The van der Waals surface area contributed by atoms with Crippen LogP contribution in [0.4, 0.5) is 0 Å². The Balaban J connectivity index is 0.994. The highest BCUT2D eigenvalue weighted by Gasteiger charge is 2.44. The lowest BCUT2D eigenvalue weighted by atomic mass is 9.89. The van der Waals surface area contributed by atoms with Crippen molar-refractivity contribution in [1.29, 1.82) is 0 Å². The number of fused-ring (bicyclic) bond motifs is 12. The smallest absolute Gasteiger partial charge is 0.253 e. The largest absolute Gasteiger partial charge is 0.386 e. The van der Waals surface area contributed by atoms with E-state index >= 15 is 0 Å². The Hall–Kier alpha value is -8.26. The van der Waals surface area contributed by atoms with Gasteiger partial charge in [-0.2, -0.15) is 0 Å². The first-order chi connectivity index (χ1) is 51.1. The standard InChI is InChI=1S/C77H120N14O16/c1-13-53(6)71(60(105-11)46-67(98)90-32-22-27-59(90)73(106-12)54(7)74(101)81-55(8)72(100)57-25-18-15-19-26-57)85(10)77(104)69(51(2)3)83-76(103)70(52(4)5)84(9)68(99)49-80-75(102)58(45-56-23-16-14-17-24-56)82-62(93)48-78-61(92)47-79-63(94)50-88-35-33-86-37-39-89(40-38-87(34-36-88)42-44-107-43-41-86)64(95)28-20-21-31-91-65(96)29-30-66(91)97/h14-19,23-26,29-30,51-55,58-60,69-73,100H,13,20-22,27-28,31-50H2,1-12H3,(H,78,92)(H,79,94)(H,80,102)(H,81,101)(H,82,93)(H,83,103)/t53-,54+,55+,58-,59+,60+,69-,70-,71-,72+,73+/m0/s1. The SMILES string of the molecule is CC[C@H](C)[C@@H]([C@@H](CC(=O)N1CCC[C@@H]1[C@H](OC)[C@@H](C)C(=O)N[C@H](C)[C@@H](O)c1ccccc1)OC)N(C)C(=O)[C@@H](NC(=O)[C@H](C(C)C)N(C)C(=O)CNC(=O)[C@H](Cc1ccccc1)NC(=O)CNC(=O)CNC(=O)CN1CCN2CCOCCN(CC1)CCN(C(=O)CCCCN1C(=O)C=CC1=O)CC2)C(C)C. The van der Waals surface area contributed by atoms with Gasteiger partial charge in [0.2, 0.25) is 59.1 Å². The number of carbonyl (C=O) groups excluding carboxylic acids is 12. The fourth-order valence-electron chi connectivity index (χ4n) is 14.4. The Kier molecular flexibility index (Phi) is 36.3. The molecule has 7 N–H and O–H groups in total. The van der Waals surface area contributed by atoms with Crippen LogP contribution in [0.1, 0.15) is 118 Å². The minimum absolute atomic E-state index is 0.00369. The molecule has 7 rings (SSSR count). The fraction of sp³-hybridized carbons (Fsp3) is 0.662. The summed E-state index contributed by atoms with van der Waals surface area (Å²) < 4.78 is 18.0. The summed E-state index contributed by atoms with van der Waals surface area (Å²) >= 11 is 0. The van der Waals surface area contributed by atoms with Crippen molar-refractivity contribution < 1.29 is 76.9 Å². The van der Waals surface area contributed by atoms with Gasteiger partial charge in [0.15, 0.2) is 0 Å². The van der Waals surface area contributed by atoms with Crippen LogP contribution in [0.25, 0.3) is 0 Å². The molecule has 0 aromatic heterocycles. The van der Waals surface area contributed by atoms with Crippen molar-refractivity contribution >= 4 is 70.9 Å². The van der Waals surface area contributed by atoms with Crippen molar-refractivity contribution in [2.45, 2.75) is 161 Å². The number of aliphatic hydroxyl groups excluding tert-OH is 1. The number of benzene rings is 2. The summed E-state index contributed by atoms with van der Waals surface area (Å²) in [6, 6.07) is 12.7. The van der Waals surface area contributed by atoms with E-state index in [2.05, 4.69) is 41.7 Å². The predicted octanol–water partition coefficient (Wildman–Crippen LogP) is 0.719. The molecule has 2 unspecified atom stereocenters. The van der Waals surface area contributed by atoms with Crippen molar-refractivity contribution in [2.75, 3.05) is 146 Å². The molecule has 0 aliphatic carbocycles. The minimum Gasteiger partial charge on any atom is -0.386 e. The Bertz CT molecular complexity index is 3250. The lowest BCUT2D eigenvalue weighted by Crippen LogP contribution is -2.61. The van der Waals surface area contributed by atoms with E-state index in [-0.39, 0.29) is 61.4 Å². The van der Waals surface area contributed by atoms with Crippen LogP contribution >= 0.6 is 0 Å². The van der Waals surface area contributed by atoms with Crippen molar-refractivity contribution in [3.8, 4) is 0 Å². The molecule has 4 saturated heterocycles. The van der Waals surface area contributed by atoms with Crippen molar-refractivity contribution in [3.63, 3.8) is 0 Å². The summed E-state index contributed by atoms with van der Waals surface area (Å²) in [5.41, 5.74) is 1.34. The summed E-state index contributed by atoms with van der Waals surface area (Å²) in [7, 11) is 6.06. The maximum Gasteiger partial charge on any atom is 0.253 e. The van der Waals surface area contributed by atoms with Gasteiger partial charge in [0, 0.05) is 132 Å².